The number of amides is 2. The fraction of sp³-hybridized carbons (Fsp3) is 0.769. The van der Waals surface area contributed by atoms with Crippen LogP contribution in [-0.2, 0) is 14.4 Å². The highest BCUT2D eigenvalue weighted by Crippen LogP contribution is 2.36. The molecule has 0 aromatic rings. The summed E-state index contributed by atoms with van der Waals surface area (Å²) in [6, 6.07) is 0. The number of nitrogens with one attached hydrogen (secondary N) is 2. The second-order valence-electron chi connectivity index (χ2n) is 6.05. The second kappa shape index (κ2) is 6.69. The van der Waals surface area contributed by atoms with Crippen LogP contribution in [0.15, 0.2) is 0 Å². The summed E-state index contributed by atoms with van der Waals surface area (Å²) in [6.45, 7) is 8.20. The molecular formula is C13H25N3O4. The lowest BCUT2D eigenvalue weighted by Gasteiger charge is -2.44. The first-order valence-corrected chi connectivity index (χ1v) is 6.50. The molecule has 2 amide bonds. The fourth-order valence-electron chi connectivity index (χ4n) is 2.33. The SMILES string of the molecule is CC(C)[C@@](NC(=O)CNC(=O)CN)(C(=O)O)C(C)(C)C. The Morgan fingerprint density at radius 1 is 1.15 bits per heavy atom. The lowest BCUT2D eigenvalue weighted by molar-refractivity contribution is -0.156. The Morgan fingerprint density at radius 2 is 1.65 bits per heavy atom. The molecule has 20 heavy (non-hydrogen) atoms. The predicted molar refractivity (Wildman–Crippen MR) is 74.9 cm³/mol. The van der Waals surface area contributed by atoms with Crippen LogP contribution in [0.4, 0.5) is 0 Å². The van der Waals surface area contributed by atoms with Crippen molar-refractivity contribution >= 4 is 17.8 Å². The zero-order valence-corrected chi connectivity index (χ0v) is 12.7. The number of hydrogen-bond acceptors (Lipinski definition) is 4. The molecule has 7 heteroatoms. The van der Waals surface area contributed by atoms with E-state index in [0.29, 0.717) is 0 Å². The maximum Gasteiger partial charge on any atom is 0.330 e. The van der Waals surface area contributed by atoms with Gasteiger partial charge in [0.1, 0.15) is 5.54 Å². The molecule has 0 radical (unpaired) electrons. The van der Waals surface area contributed by atoms with E-state index in [1.807, 2.05) is 0 Å². The summed E-state index contributed by atoms with van der Waals surface area (Å²) in [5, 5.41) is 14.5. The molecule has 7 nitrogen and oxygen atoms in total. The van der Waals surface area contributed by atoms with Gasteiger partial charge < -0.3 is 21.5 Å². The normalized spacial score (nSPS) is 14.6. The van der Waals surface area contributed by atoms with Gasteiger partial charge in [-0.15, -0.1) is 0 Å². The second-order valence-corrected chi connectivity index (χ2v) is 6.05. The Labute approximate surface area is 119 Å². The van der Waals surface area contributed by atoms with Crippen LogP contribution in [0.5, 0.6) is 0 Å². The van der Waals surface area contributed by atoms with Crippen molar-refractivity contribution in [1.29, 1.82) is 0 Å². The van der Waals surface area contributed by atoms with Crippen LogP contribution < -0.4 is 16.4 Å². The van der Waals surface area contributed by atoms with Gasteiger partial charge in [0.15, 0.2) is 0 Å². The van der Waals surface area contributed by atoms with E-state index in [4.69, 9.17) is 5.73 Å². The molecule has 1 atom stereocenters. The number of carboxylic acids is 1. The van der Waals surface area contributed by atoms with Gasteiger partial charge in [0.25, 0.3) is 0 Å². The monoisotopic (exact) mass is 287 g/mol. The molecular weight excluding hydrogens is 262 g/mol. The van der Waals surface area contributed by atoms with Gasteiger partial charge in [0, 0.05) is 0 Å². The van der Waals surface area contributed by atoms with Crippen LogP contribution in [0, 0.1) is 11.3 Å². The standard InChI is InChI=1S/C13H25N3O4/c1-8(2)13(11(19)20,12(3,4)5)16-10(18)7-15-9(17)6-14/h8H,6-7,14H2,1-5H3,(H,15,17)(H,16,18)(H,19,20)/t13-/m1/s1. The lowest BCUT2D eigenvalue weighted by Crippen LogP contribution is -2.66. The first-order valence-electron chi connectivity index (χ1n) is 6.50. The molecule has 0 heterocycles. The van der Waals surface area contributed by atoms with E-state index in [2.05, 4.69) is 10.6 Å². The Kier molecular flexibility index (Phi) is 6.15. The minimum absolute atomic E-state index is 0.221. The van der Waals surface area contributed by atoms with Crippen molar-refractivity contribution in [1.82, 2.24) is 10.6 Å². The number of carbonyl (C=O) groups is 3. The van der Waals surface area contributed by atoms with E-state index in [9.17, 15) is 19.5 Å². The van der Waals surface area contributed by atoms with Crippen molar-refractivity contribution in [3.63, 3.8) is 0 Å². The molecule has 0 aliphatic heterocycles. The number of rotatable bonds is 6. The zero-order valence-electron chi connectivity index (χ0n) is 12.7. The largest absolute Gasteiger partial charge is 0.479 e. The molecule has 0 bridgehead atoms. The van der Waals surface area contributed by atoms with Gasteiger partial charge in [-0.1, -0.05) is 34.6 Å². The summed E-state index contributed by atoms with van der Waals surface area (Å²) in [5.74, 6) is -2.45. The third kappa shape index (κ3) is 3.93. The average Bonchev–Trinajstić information content (AvgIpc) is 2.30. The van der Waals surface area contributed by atoms with Crippen molar-refractivity contribution in [2.24, 2.45) is 17.1 Å². The van der Waals surface area contributed by atoms with E-state index < -0.39 is 28.7 Å². The van der Waals surface area contributed by atoms with Gasteiger partial charge in [-0.3, -0.25) is 9.59 Å². The molecule has 0 aromatic heterocycles. The average molecular weight is 287 g/mol. The highest BCUT2D eigenvalue weighted by atomic mass is 16.4. The number of carbonyl (C=O) groups excluding carboxylic acids is 2. The van der Waals surface area contributed by atoms with Crippen molar-refractivity contribution in [3.05, 3.63) is 0 Å². The van der Waals surface area contributed by atoms with Crippen LogP contribution in [0.3, 0.4) is 0 Å². The molecule has 0 aliphatic carbocycles. The molecule has 0 saturated carbocycles. The molecule has 0 aliphatic rings. The van der Waals surface area contributed by atoms with E-state index in [0.717, 1.165) is 0 Å². The van der Waals surface area contributed by atoms with Crippen molar-refractivity contribution in [2.75, 3.05) is 13.1 Å². The first-order chi connectivity index (χ1) is 8.99. The molecule has 0 unspecified atom stereocenters. The van der Waals surface area contributed by atoms with Gasteiger partial charge in [0.2, 0.25) is 11.8 Å². The third-order valence-corrected chi connectivity index (χ3v) is 3.35. The Bertz CT molecular complexity index is 388. The summed E-state index contributed by atoms with van der Waals surface area (Å²) in [7, 11) is 0. The minimum atomic E-state index is -1.42. The fourth-order valence-corrected chi connectivity index (χ4v) is 2.33. The van der Waals surface area contributed by atoms with Gasteiger partial charge in [0.05, 0.1) is 13.1 Å². The summed E-state index contributed by atoms with van der Waals surface area (Å²) in [4.78, 5) is 34.6. The van der Waals surface area contributed by atoms with E-state index in [-0.39, 0.29) is 19.0 Å². The van der Waals surface area contributed by atoms with E-state index in [1.54, 1.807) is 34.6 Å². The van der Waals surface area contributed by atoms with Crippen molar-refractivity contribution < 1.29 is 19.5 Å². The zero-order chi connectivity index (χ0) is 16.1. The quantitative estimate of drug-likeness (QED) is 0.534. The van der Waals surface area contributed by atoms with E-state index >= 15 is 0 Å². The van der Waals surface area contributed by atoms with Gasteiger partial charge >= 0.3 is 5.97 Å². The summed E-state index contributed by atoms with van der Waals surface area (Å²) in [5.41, 5.74) is 3.00. The van der Waals surface area contributed by atoms with Gasteiger partial charge in [-0.2, -0.15) is 0 Å². The number of aliphatic carboxylic acids is 1. The molecule has 116 valence electrons. The van der Waals surface area contributed by atoms with Crippen LogP contribution in [-0.4, -0.2) is 41.5 Å². The summed E-state index contributed by atoms with van der Waals surface area (Å²) < 4.78 is 0. The van der Waals surface area contributed by atoms with Crippen LogP contribution in [0.1, 0.15) is 34.6 Å². The molecule has 0 aromatic carbocycles. The Balaban J connectivity index is 5.15. The Hall–Kier alpha value is -1.63. The minimum Gasteiger partial charge on any atom is -0.479 e. The van der Waals surface area contributed by atoms with Gasteiger partial charge in [-0.25, -0.2) is 4.79 Å². The molecule has 0 spiro atoms. The smallest absolute Gasteiger partial charge is 0.330 e. The van der Waals surface area contributed by atoms with Gasteiger partial charge in [-0.05, 0) is 11.3 Å². The van der Waals surface area contributed by atoms with Crippen molar-refractivity contribution in [2.45, 2.75) is 40.2 Å². The predicted octanol–water partition coefficient (Wildman–Crippen LogP) is -0.297. The number of hydrogen-bond donors (Lipinski definition) is 4. The topological polar surface area (TPSA) is 122 Å². The van der Waals surface area contributed by atoms with E-state index in [1.165, 1.54) is 0 Å². The summed E-state index contributed by atoms with van der Waals surface area (Å²) >= 11 is 0. The first kappa shape index (κ1) is 18.4. The maximum absolute atomic E-state index is 11.9. The van der Waals surface area contributed by atoms with Crippen LogP contribution in [0.25, 0.3) is 0 Å². The third-order valence-electron chi connectivity index (χ3n) is 3.35. The molecule has 0 saturated heterocycles. The molecule has 0 rings (SSSR count). The number of carboxylic acid groups (broad SMARTS) is 1. The maximum atomic E-state index is 11.9. The Morgan fingerprint density at radius 3 is 1.95 bits per heavy atom. The highest BCUT2D eigenvalue weighted by Gasteiger charge is 2.52. The lowest BCUT2D eigenvalue weighted by atomic mass is 9.67. The number of nitrogens with two attached hydrogens (primary N) is 1. The van der Waals surface area contributed by atoms with Crippen LogP contribution >= 0.6 is 0 Å². The van der Waals surface area contributed by atoms with Crippen molar-refractivity contribution in [3.8, 4) is 0 Å². The van der Waals surface area contributed by atoms with Crippen LogP contribution in [0.2, 0.25) is 0 Å². The summed E-state index contributed by atoms with van der Waals surface area (Å²) in [6.07, 6.45) is 0. The molecule has 5 N–H and O–H groups in total. The highest BCUT2D eigenvalue weighted by molar-refractivity contribution is 5.91. The molecule has 0 fully saturated rings.